The average molecular weight is 607 g/mol. The van der Waals surface area contributed by atoms with Gasteiger partial charge in [0.15, 0.2) is 46.0 Å². The number of carbonyl (C=O) groups is 1. The van der Waals surface area contributed by atoms with Crippen molar-refractivity contribution in [3.05, 3.63) is 11.6 Å². The molecule has 0 N–H and O–H groups in total. The molecule has 0 spiro atoms. The largest absolute Gasteiger partial charge is 0.407 e. The summed E-state index contributed by atoms with van der Waals surface area (Å²) in [5, 5.41) is -0.318. The first kappa shape index (κ1) is 34.2. The van der Waals surface area contributed by atoms with E-state index in [2.05, 4.69) is 85.5 Å². The van der Waals surface area contributed by atoms with Gasteiger partial charge in [-0.25, -0.2) is 0 Å². The summed E-state index contributed by atoms with van der Waals surface area (Å²) in [4.78, 5) is 13.4. The van der Waals surface area contributed by atoms with Gasteiger partial charge in [0, 0.05) is 12.7 Å². The van der Waals surface area contributed by atoms with E-state index >= 15 is 0 Å². The highest BCUT2D eigenvalue weighted by atomic mass is 28.4. The Labute approximate surface area is 249 Å². The summed E-state index contributed by atoms with van der Waals surface area (Å²) < 4.78 is 43.3. The van der Waals surface area contributed by atoms with Gasteiger partial charge >= 0.3 is 0 Å². The Morgan fingerprint density at radius 3 is 2.12 bits per heavy atom. The number of hydrogen-bond acceptors (Lipinski definition) is 8. The molecular formula is C31H50O8Si2. The predicted molar refractivity (Wildman–Crippen MR) is 163 cm³/mol. The molecule has 2 aliphatic heterocycles. The molecule has 3 aliphatic rings. The summed E-state index contributed by atoms with van der Waals surface area (Å²) in [6.07, 6.45) is 6.01. The molecule has 0 aromatic rings. The molecule has 0 bridgehead atoms. The normalized spacial score (nSPS) is 33.5. The molecule has 41 heavy (non-hydrogen) atoms. The Bertz CT molecular complexity index is 1130. The summed E-state index contributed by atoms with van der Waals surface area (Å²) in [6, 6.07) is 0. The van der Waals surface area contributed by atoms with E-state index in [-0.39, 0.29) is 23.5 Å². The van der Waals surface area contributed by atoms with E-state index in [0.29, 0.717) is 5.57 Å². The van der Waals surface area contributed by atoms with Crippen LogP contribution in [0.15, 0.2) is 11.6 Å². The second kappa shape index (κ2) is 11.3. The molecule has 0 aromatic heterocycles. The van der Waals surface area contributed by atoms with Crippen LogP contribution in [-0.2, 0) is 37.3 Å². The molecule has 0 unspecified atom stereocenters. The van der Waals surface area contributed by atoms with Gasteiger partial charge in [-0.3, -0.25) is 4.79 Å². The van der Waals surface area contributed by atoms with Crippen LogP contribution in [0, 0.1) is 24.2 Å². The number of epoxide rings is 1. The van der Waals surface area contributed by atoms with Crippen LogP contribution in [0.5, 0.6) is 0 Å². The fourth-order valence-corrected chi connectivity index (χ4v) is 7.22. The molecule has 0 aromatic carbocycles. The fourth-order valence-electron chi connectivity index (χ4n) is 4.49. The maximum Gasteiger partial charge on any atom is 0.196 e. The maximum atomic E-state index is 13.4. The van der Waals surface area contributed by atoms with Crippen LogP contribution in [0.4, 0.5) is 0 Å². The summed E-state index contributed by atoms with van der Waals surface area (Å²) in [5.74, 6) is 8.40. The monoisotopic (exact) mass is 606 g/mol. The molecule has 8 nitrogen and oxygen atoms in total. The lowest BCUT2D eigenvalue weighted by molar-refractivity contribution is -0.143. The van der Waals surface area contributed by atoms with Gasteiger partial charge in [0.1, 0.15) is 25.1 Å². The molecule has 1 aliphatic carbocycles. The average Bonchev–Trinajstić information content (AvgIpc) is 3.34. The number of aldehydes is 1. The minimum atomic E-state index is -2.55. The third-order valence-corrected chi connectivity index (χ3v) is 18.1. The van der Waals surface area contributed by atoms with E-state index in [1.807, 2.05) is 19.9 Å². The van der Waals surface area contributed by atoms with Crippen molar-refractivity contribution < 1.29 is 37.3 Å². The SMILES string of the molecule is C#C[C@H]1O[C@]1(C#CC1=C[C@@H](OCOC)[C@H](O[Si](C)(C)C(C)(C)C)[C@]1(C=O)O[Si](C)(C)C(C)(C)C)[C@H]1COC(C)(C)O1. The lowest BCUT2D eigenvalue weighted by Crippen LogP contribution is -2.61. The Balaban J connectivity index is 2.17. The Morgan fingerprint density at radius 2 is 1.68 bits per heavy atom. The van der Waals surface area contributed by atoms with Crippen LogP contribution >= 0.6 is 0 Å². The summed E-state index contributed by atoms with van der Waals surface area (Å²) >= 11 is 0. The molecular weight excluding hydrogens is 557 g/mol. The van der Waals surface area contributed by atoms with Crippen molar-refractivity contribution in [2.75, 3.05) is 20.5 Å². The topological polar surface area (TPSA) is 85.0 Å². The number of carbonyl (C=O) groups excluding carboxylic acids is 1. The third-order valence-electron chi connectivity index (χ3n) is 9.16. The zero-order valence-electron chi connectivity index (χ0n) is 27.2. The first-order valence-electron chi connectivity index (χ1n) is 14.3. The number of rotatable bonds is 9. The Hall–Kier alpha value is -1.32. The van der Waals surface area contributed by atoms with Crippen LogP contribution in [0.1, 0.15) is 55.4 Å². The second-order valence-corrected chi connectivity index (χ2v) is 24.2. The van der Waals surface area contributed by atoms with E-state index in [4.69, 9.17) is 39.0 Å². The zero-order chi connectivity index (χ0) is 31.3. The van der Waals surface area contributed by atoms with Crippen molar-refractivity contribution >= 4 is 22.9 Å². The fraction of sp³-hybridized carbons (Fsp3) is 0.774. The van der Waals surface area contributed by atoms with E-state index in [0.717, 1.165) is 6.29 Å². The molecule has 0 radical (unpaired) electrons. The Kier molecular flexibility index (Phi) is 9.43. The van der Waals surface area contributed by atoms with E-state index in [1.54, 1.807) is 7.11 Å². The van der Waals surface area contributed by atoms with Gasteiger partial charge in [-0.2, -0.15) is 0 Å². The molecule has 2 heterocycles. The lowest BCUT2D eigenvalue weighted by Gasteiger charge is -2.48. The molecule has 2 saturated heterocycles. The predicted octanol–water partition coefficient (Wildman–Crippen LogP) is 5.19. The quantitative estimate of drug-likeness (QED) is 0.117. The van der Waals surface area contributed by atoms with Crippen molar-refractivity contribution in [1.82, 2.24) is 0 Å². The van der Waals surface area contributed by atoms with Crippen LogP contribution in [-0.4, -0.2) is 84.8 Å². The third kappa shape index (κ3) is 6.62. The van der Waals surface area contributed by atoms with Crippen LogP contribution in [0.2, 0.25) is 36.3 Å². The van der Waals surface area contributed by atoms with Crippen LogP contribution in [0.25, 0.3) is 0 Å². The number of terminal acetylenes is 1. The van der Waals surface area contributed by atoms with Crippen molar-refractivity contribution in [1.29, 1.82) is 0 Å². The lowest BCUT2D eigenvalue weighted by atomic mass is 9.93. The number of ether oxygens (including phenoxy) is 5. The highest BCUT2D eigenvalue weighted by Crippen LogP contribution is 2.49. The van der Waals surface area contributed by atoms with Gasteiger partial charge in [-0.15, -0.1) is 6.42 Å². The Morgan fingerprint density at radius 1 is 1.07 bits per heavy atom. The second-order valence-electron chi connectivity index (χ2n) is 14.7. The van der Waals surface area contributed by atoms with Crippen LogP contribution < -0.4 is 0 Å². The van der Waals surface area contributed by atoms with Gasteiger partial charge in [-0.05, 0) is 56.2 Å². The first-order chi connectivity index (χ1) is 18.6. The van der Waals surface area contributed by atoms with Crippen molar-refractivity contribution in [3.8, 4) is 24.2 Å². The van der Waals surface area contributed by atoms with Gasteiger partial charge in [-0.1, -0.05) is 59.3 Å². The van der Waals surface area contributed by atoms with Crippen molar-refractivity contribution in [2.45, 2.75) is 133 Å². The molecule has 0 amide bonds. The van der Waals surface area contributed by atoms with E-state index in [1.165, 1.54) is 0 Å². The number of methoxy groups -OCH3 is 1. The first-order valence-corrected chi connectivity index (χ1v) is 20.1. The van der Waals surface area contributed by atoms with Crippen molar-refractivity contribution in [2.24, 2.45) is 0 Å². The molecule has 3 rings (SSSR count). The number of hydrogen-bond donors (Lipinski definition) is 0. The van der Waals surface area contributed by atoms with Gasteiger partial charge in [0.25, 0.3) is 0 Å². The van der Waals surface area contributed by atoms with Gasteiger partial charge in [0.2, 0.25) is 0 Å². The summed E-state index contributed by atoms with van der Waals surface area (Å²) in [7, 11) is -3.42. The molecule has 230 valence electrons. The molecule has 6 atom stereocenters. The van der Waals surface area contributed by atoms with E-state index in [9.17, 15) is 4.79 Å². The zero-order valence-corrected chi connectivity index (χ0v) is 29.2. The van der Waals surface area contributed by atoms with Crippen molar-refractivity contribution in [3.63, 3.8) is 0 Å². The van der Waals surface area contributed by atoms with Crippen LogP contribution in [0.3, 0.4) is 0 Å². The molecule has 0 saturated carbocycles. The maximum absolute atomic E-state index is 13.4. The highest BCUT2D eigenvalue weighted by molar-refractivity contribution is 6.75. The smallest absolute Gasteiger partial charge is 0.196 e. The summed E-state index contributed by atoms with van der Waals surface area (Å²) in [5.41, 5.74) is -2.10. The van der Waals surface area contributed by atoms with Gasteiger partial charge in [0.05, 0.1) is 6.61 Å². The molecule has 10 heteroatoms. The highest BCUT2D eigenvalue weighted by Gasteiger charge is 2.65. The summed E-state index contributed by atoms with van der Waals surface area (Å²) in [6.45, 7) is 25.4. The minimum Gasteiger partial charge on any atom is -0.407 e. The van der Waals surface area contributed by atoms with Gasteiger partial charge < -0.3 is 32.5 Å². The standard InChI is InChI=1S/C31H50O8Si2/c1-15-24-30(37-24,25-19-35-29(8,9)36-25)17-16-22-18-23(34-21-33-10)26(38-40(11,12)27(2,3)4)31(22,20-32)39-41(13,14)28(5,6)7/h1,18,20,23-26H,19,21H2,2-14H3/t23-,24-,25-,26+,30+,31-/m1/s1. The molecule has 2 fully saturated rings. The van der Waals surface area contributed by atoms with E-state index < -0.39 is 58.0 Å². The minimum absolute atomic E-state index is 0.0167.